The molecule has 0 spiro atoms. The van der Waals surface area contributed by atoms with Crippen LogP contribution in [0.2, 0.25) is 0 Å². The standard InChI is InChI=1S/C54H104O6/c1-6-9-10-11-12-13-24-29-34-39-44-52(55)58-47-51(48-59-53(56)45-40-35-30-25-21-20-23-28-33-38-43-50(5)8-3)60-54(57)46-41-36-31-26-19-17-15-14-16-18-22-27-32-37-42-49(4)7-2/h49-51H,6-48H2,1-5H3/t49?,50?,51-/m1/s1. The van der Waals surface area contributed by atoms with Crippen molar-refractivity contribution >= 4 is 17.9 Å². The van der Waals surface area contributed by atoms with Crippen LogP contribution >= 0.6 is 0 Å². The van der Waals surface area contributed by atoms with E-state index in [1.165, 1.54) is 186 Å². The van der Waals surface area contributed by atoms with Crippen molar-refractivity contribution in [1.82, 2.24) is 0 Å². The lowest BCUT2D eigenvalue weighted by Crippen LogP contribution is -2.30. The average Bonchev–Trinajstić information content (AvgIpc) is 3.25. The summed E-state index contributed by atoms with van der Waals surface area (Å²) in [5.74, 6) is 0.917. The third-order valence-electron chi connectivity index (χ3n) is 12.9. The summed E-state index contributed by atoms with van der Waals surface area (Å²) in [6.45, 7) is 11.4. The van der Waals surface area contributed by atoms with E-state index in [1.807, 2.05) is 0 Å². The van der Waals surface area contributed by atoms with Crippen LogP contribution in [0.15, 0.2) is 0 Å². The van der Waals surface area contributed by atoms with E-state index in [0.29, 0.717) is 19.3 Å². The Bertz CT molecular complexity index is 920. The molecule has 0 aliphatic rings. The Morgan fingerprint density at radius 2 is 0.583 bits per heavy atom. The van der Waals surface area contributed by atoms with Crippen molar-refractivity contribution in [2.75, 3.05) is 13.2 Å². The number of carbonyl (C=O) groups excluding carboxylic acids is 3. The van der Waals surface area contributed by atoms with Crippen LogP contribution in [0.3, 0.4) is 0 Å². The highest BCUT2D eigenvalue weighted by Gasteiger charge is 2.19. The van der Waals surface area contributed by atoms with Gasteiger partial charge in [0, 0.05) is 19.3 Å². The summed E-state index contributed by atoms with van der Waals surface area (Å²) in [4.78, 5) is 37.9. The largest absolute Gasteiger partial charge is 0.462 e. The summed E-state index contributed by atoms with van der Waals surface area (Å²) in [5.41, 5.74) is 0. The van der Waals surface area contributed by atoms with Gasteiger partial charge in [0.1, 0.15) is 13.2 Å². The third-order valence-corrected chi connectivity index (χ3v) is 12.9. The number of carbonyl (C=O) groups is 3. The molecular formula is C54H104O6. The Morgan fingerprint density at radius 1 is 0.333 bits per heavy atom. The number of esters is 3. The van der Waals surface area contributed by atoms with Gasteiger partial charge in [-0.15, -0.1) is 0 Å². The topological polar surface area (TPSA) is 78.9 Å². The first kappa shape index (κ1) is 58.4. The van der Waals surface area contributed by atoms with Crippen LogP contribution in [0.1, 0.15) is 298 Å². The smallest absolute Gasteiger partial charge is 0.306 e. The van der Waals surface area contributed by atoms with E-state index in [1.54, 1.807) is 0 Å². The minimum absolute atomic E-state index is 0.0636. The first-order valence-corrected chi connectivity index (χ1v) is 26.8. The van der Waals surface area contributed by atoms with Crippen molar-refractivity contribution in [3.8, 4) is 0 Å². The van der Waals surface area contributed by atoms with Gasteiger partial charge in [-0.3, -0.25) is 14.4 Å². The number of ether oxygens (including phenoxy) is 3. The van der Waals surface area contributed by atoms with Crippen LogP contribution in [0.5, 0.6) is 0 Å². The van der Waals surface area contributed by atoms with Crippen LogP contribution in [0.25, 0.3) is 0 Å². The Balaban J connectivity index is 4.28. The molecular weight excluding hydrogens is 745 g/mol. The molecule has 0 amide bonds. The molecule has 6 nitrogen and oxygen atoms in total. The fourth-order valence-electron chi connectivity index (χ4n) is 8.10. The molecule has 0 fully saturated rings. The zero-order valence-electron chi connectivity index (χ0n) is 41.1. The molecule has 6 heteroatoms. The van der Waals surface area contributed by atoms with Crippen LogP contribution in [-0.2, 0) is 28.6 Å². The van der Waals surface area contributed by atoms with Gasteiger partial charge in [-0.2, -0.15) is 0 Å². The Labute approximate surface area is 374 Å². The maximum atomic E-state index is 12.8. The van der Waals surface area contributed by atoms with Gasteiger partial charge >= 0.3 is 17.9 Å². The van der Waals surface area contributed by atoms with Crippen LogP contribution < -0.4 is 0 Å². The fraction of sp³-hybridized carbons (Fsp3) is 0.944. The summed E-state index contributed by atoms with van der Waals surface area (Å²) in [6, 6.07) is 0. The molecule has 0 saturated carbocycles. The van der Waals surface area contributed by atoms with Gasteiger partial charge in [-0.05, 0) is 31.1 Å². The van der Waals surface area contributed by atoms with Crippen molar-refractivity contribution in [2.24, 2.45) is 11.8 Å². The van der Waals surface area contributed by atoms with Crippen LogP contribution in [0, 0.1) is 11.8 Å². The minimum atomic E-state index is -0.761. The minimum Gasteiger partial charge on any atom is -0.462 e. The van der Waals surface area contributed by atoms with Gasteiger partial charge in [0.2, 0.25) is 0 Å². The number of unbranched alkanes of at least 4 members (excludes halogenated alkanes) is 31. The molecule has 0 aliphatic carbocycles. The SMILES string of the molecule is CCCCCCCCCCCCC(=O)OC[C@H](COC(=O)CCCCCCCCCCCCC(C)CC)OC(=O)CCCCCCCCCCCCCCCCC(C)CC. The second-order valence-corrected chi connectivity index (χ2v) is 19.0. The summed E-state index contributed by atoms with van der Waals surface area (Å²) in [7, 11) is 0. The zero-order valence-corrected chi connectivity index (χ0v) is 41.1. The number of hydrogen-bond acceptors (Lipinski definition) is 6. The van der Waals surface area contributed by atoms with Crippen LogP contribution in [0.4, 0.5) is 0 Å². The fourth-order valence-corrected chi connectivity index (χ4v) is 8.10. The maximum absolute atomic E-state index is 12.8. The molecule has 356 valence electrons. The van der Waals surface area contributed by atoms with E-state index in [-0.39, 0.29) is 31.1 Å². The molecule has 0 rings (SSSR count). The molecule has 3 atom stereocenters. The lowest BCUT2D eigenvalue weighted by atomic mass is 9.99. The lowest BCUT2D eigenvalue weighted by molar-refractivity contribution is -0.167. The zero-order chi connectivity index (χ0) is 44.0. The molecule has 60 heavy (non-hydrogen) atoms. The molecule has 2 unspecified atom stereocenters. The molecule has 0 aromatic rings. The molecule has 0 saturated heterocycles. The summed E-state index contributed by atoms with van der Waals surface area (Å²) >= 11 is 0. The van der Waals surface area contributed by atoms with Crippen LogP contribution in [-0.4, -0.2) is 37.2 Å². The highest BCUT2D eigenvalue weighted by atomic mass is 16.6. The van der Waals surface area contributed by atoms with Crippen molar-refractivity contribution in [2.45, 2.75) is 304 Å². The van der Waals surface area contributed by atoms with Gasteiger partial charge in [0.15, 0.2) is 6.10 Å². The monoisotopic (exact) mass is 849 g/mol. The molecule has 0 aliphatic heterocycles. The first-order chi connectivity index (χ1) is 29.3. The van der Waals surface area contributed by atoms with Gasteiger partial charge in [-0.1, -0.05) is 259 Å². The van der Waals surface area contributed by atoms with E-state index < -0.39 is 6.10 Å². The molecule has 0 radical (unpaired) electrons. The lowest BCUT2D eigenvalue weighted by Gasteiger charge is -2.18. The van der Waals surface area contributed by atoms with E-state index >= 15 is 0 Å². The Kier molecular flexibility index (Phi) is 45.7. The summed E-state index contributed by atoms with van der Waals surface area (Å²) in [6.07, 6.45) is 47.9. The molecule has 0 aromatic carbocycles. The van der Waals surface area contributed by atoms with Crippen molar-refractivity contribution < 1.29 is 28.6 Å². The molecule has 0 aromatic heterocycles. The molecule has 0 bridgehead atoms. The Hall–Kier alpha value is -1.59. The van der Waals surface area contributed by atoms with Gasteiger partial charge in [0.25, 0.3) is 0 Å². The van der Waals surface area contributed by atoms with Gasteiger partial charge in [0.05, 0.1) is 0 Å². The van der Waals surface area contributed by atoms with E-state index in [4.69, 9.17) is 14.2 Å². The third kappa shape index (κ3) is 44.5. The normalized spacial score (nSPS) is 12.9. The predicted octanol–water partition coefficient (Wildman–Crippen LogP) is 17.3. The number of rotatable bonds is 48. The molecule has 0 N–H and O–H groups in total. The average molecular weight is 849 g/mol. The highest BCUT2D eigenvalue weighted by molar-refractivity contribution is 5.71. The molecule has 0 heterocycles. The number of hydrogen-bond donors (Lipinski definition) is 0. The van der Waals surface area contributed by atoms with E-state index in [2.05, 4.69) is 34.6 Å². The highest BCUT2D eigenvalue weighted by Crippen LogP contribution is 2.18. The summed E-state index contributed by atoms with van der Waals surface area (Å²) < 4.78 is 16.8. The van der Waals surface area contributed by atoms with Gasteiger partial charge in [-0.25, -0.2) is 0 Å². The van der Waals surface area contributed by atoms with Crippen molar-refractivity contribution in [3.63, 3.8) is 0 Å². The summed E-state index contributed by atoms with van der Waals surface area (Å²) in [5, 5.41) is 0. The Morgan fingerprint density at radius 3 is 0.867 bits per heavy atom. The predicted molar refractivity (Wildman–Crippen MR) is 256 cm³/mol. The first-order valence-electron chi connectivity index (χ1n) is 26.8. The quantitative estimate of drug-likeness (QED) is 0.0345. The maximum Gasteiger partial charge on any atom is 0.306 e. The van der Waals surface area contributed by atoms with E-state index in [9.17, 15) is 14.4 Å². The van der Waals surface area contributed by atoms with Gasteiger partial charge < -0.3 is 14.2 Å². The van der Waals surface area contributed by atoms with Crippen molar-refractivity contribution in [3.05, 3.63) is 0 Å². The second-order valence-electron chi connectivity index (χ2n) is 19.0. The second kappa shape index (κ2) is 46.9. The van der Waals surface area contributed by atoms with E-state index in [0.717, 1.165) is 69.6 Å². The van der Waals surface area contributed by atoms with Crippen molar-refractivity contribution in [1.29, 1.82) is 0 Å².